The van der Waals surface area contributed by atoms with Crippen molar-refractivity contribution in [1.29, 1.82) is 0 Å². The topological polar surface area (TPSA) is 0 Å². The summed E-state index contributed by atoms with van der Waals surface area (Å²) in [7, 11) is 0. The molecule has 0 radical (unpaired) electrons. The molecular formula is C10H10Cl4. The van der Waals surface area contributed by atoms with Gasteiger partial charge in [-0.1, -0.05) is 46.4 Å². The van der Waals surface area contributed by atoms with Crippen LogP contribution in [0.15, 0.2) is 0 Å². The van der Waals surface area contributed by atoms with Crippen LogP contribution in [0.1, 0.15) is 27.1 Å². The molecule has 78 valence electrons. The number of halogens is 4. The molecule has 0 saturated heterocycles. The first kappa shape index (κ1) is 12.4. The van der Waals surface area contributed by atoms with Crippen molar-refractivity contribution in [3.63, 3.8) is 0 Å². The summed E-state index contributed by atoms with van der Waals surface area (Å²) < 4.78 is 0. The third-order valence-corrected chi connectivity index (χ3v) is 3.90. The zero-order valence-electron chi connectivity index (χ0n) is 8.09. The highest BCUT2D eigenvalue weighted by molar-refractivity contribution is 6.46. The van der Waals surface area contributed by atoms with Crippen LogP contribution in [0.5, 0.6) is 0 Å². The Balaban J connectivity index is 3.60. The molecule has 0 unspecified atom stereocenters. The quantitative estimate of drug-likeness (QED) is 0.601. The van der Waals surface area contributed by atoms with E-state index in [4.69, 9.17) is 46.4 Å². The molecule has 0 aromatic heterocycles. The minimum atomic E-state index is -0.640. The Bertz CT molecular complexity index is 340. The van der Waals surface area contributed by atoms with E-state index in [9.17, 15) is 0 Å². The predicted octanol–water partition coefficient (Wildman–Crippen LogP) is 5.39. The molecule has 14 heavy (non-hydrogen) atoms. The standard InChI is InChI=1S/C10H10Cl4/c1-4-5(2)9(12)7(10(13)14)6(3)8(4)11/h10H,1-3H3. The molecule has 0 aliphatic heterocycles. The van der Waals surface area contributed by atoms with Gasteiger partial charge in [-0.05, 0) is 37.5 Å². The van der Waals surface area contributed by atoms with Gasteiger partial charge in [0.05, 0.1) is 5.02 Å². The first-order valence-electron chi connectivity index (χ1n) is 4.10. The predicted molar refractivity (Wildman–Crippen MR) is 65.1 cm³/mol. The largest absolute Gasteiger partial charge is 0.134 e. The molecule has 0 saturated carbocycles. The number of benzene rings is 1. The Hall–Kier alpha value is 0.380. The lowest BCUT2D eigenvalue weighted by Gasteiger charge is -2.16. The molecule has 0 heterocycles. The van der Waals surface area contributed by atoms with Crippen molar-refractivity contribution < 1.29 is 0 Å². The maximum Gasteiger partial charge on any atom is 0.134 e. The third-order valence-electron chi connectivity index (χ3n) is 2.41. The molecule has 0 nitrogen and oxygen atoms in total. The smallest absolute Gasteiger partial charge is 0.1000 e. The van der Waals surface area contributed by atoms with Crippen LogP contribution < -0.4 is 0 Å². The molecule has 0 aliphatic carbocycles. The van der Waals surface area contributed by atoms with Crippen molar-refractivity contribution in [3.8, 4) is 0 Å². The first-order valence-corrected chi connectivity index (χ1v) is 5.73. The number of rotatable bonds is 1. The van der Waals surface area contributed by atoms with Gasteiger partial charge in [0, 0.05) is 10.6 Å². The minimum absolute atomic E-state index is 0.611. The highest BCUT2D eigenvalue weighted by Gasteiger charge is 2.18. The molecular weight excluding hydrogens is 262 g/mol. The maximum atomic E-state index is 6.14. The van der Waals surface area contributed by atoms with E-state index in [1.807, 2.05) is 20.8 Å². The summed E-state index contributed by atoms with van der Waals surface area (Å²) in [4.78, 5) is -0.640. The van der Waals surface area contributed by atoms with Crippen LogP contribution in [-0.2, 0) is 0 Å². The summed E-state index contributed by atoms with van der Waals surface area (Å²) in [5, 5.41) is 1.30. The SMILES string of the molecule is Cc1c(C)c(Cl)c(C(Cl)Cl)c(C)c1Cl. The molecule has 4 heteroatoms. The van der Waals surface area contributed by atoms with Crippen LogP contribution in [-0.4, -0.2) is 0 Å². The van der Waals surface area contributed by atoms with E-state index < -0.39 is 4.84 Å². The number of hydrogen-bond donors (Lipinski definition) is 0. The zero-order valence-corrected chi connectivity index (χ0v) is 11.1. The van der Waals surface area contributed by atoms with Crippen molar-refractivity contribution in [2.24, 2.45) is 0 Å². The highest BCUT2D eigenvalue weighted by Crippen LogP contribution is 2.40. The fourth-order valence-corrected chi connectivity index (χ4v) is 2.65. The van der Waals surface area contributed by atoms with Gasteiger partial charge in [0.1, 0.15) is 4.84 Å². The molecule has 0 N–H and O–H groups in total. The van der Waals surface area contributed by atoms with Crippen molar-refractivity contribution in [2.45, 2.75) is 25.6 Å². The van der Waals surface area contributed by atoms with Crippen molar-refractivity contribution in [2.75, 3.05) is 0 Å². The van der Waals surface area contributed by atoms with Gasteiger partial charge in [0.25, 0.3) is 0 Å². The lowest BCUT2D eigenvalue weighted by atomic mass is 10.0. The lowest BCUT2D eigenvalue weighted by molar-refractivity contribution is 1.20. The molecule has 1 aromatic rings. The Morgan fingerprint density at radius 1 is 0.786 bits per heavy atom. The van der Waals surface area contributed by atoms with E-state index in [1.54, 1.807) is 0 Å². The Kier molecular flexibility index (Phi) is 3.99. The zero-order chi connectivity index (χ0) is 11.0. The third kappa shape index (κ3) is 1.99. The van der Waals surface area contributed by atoms with Crippen LogP contribution in [0.3, 0.4) is 0 Å². The van der Waals surface area contributed by atoms with Gasteiger partial charge < -0.3 is 0 Å². The molecule has 0 spiro atoms. The summed E-state index contributed by atoms with van der Waals surface area (Å²) in [6, 6.07) is 0. The van der Waals surface area contributed by atoms with Crippen molar-refractivity contribution >= 4 is 46.4 Å². The second kappa shape index (κ2) is 4.49. The van der Waals surface area contributed by atoms with Crippen LogP contribution >= 0.6 is 46.4 Å². The summed E-state index contributed by atoms with van der Waals surface area (Å²) in [5.41, 5.74) is 3.48. The fourth-order valence-electron chi connectivity index (χ4n) is 1.35. The van der Waals surface area contributed by atoms with E-state index >= 15 is 0 Å². The Morgan fingerprint density at radius 3 is 1.64 bits per heavy atom. The van der Waals surface area contributed by atoms with Gasteiger partial charge >= 0.3 is 0 Å². The fraction of sp³-hybridized carbons (Fsp3) is 0.400. The molecule has 0 fully saturated rings. The summed E-state index contributed by atoms with van der Waals surface area (Å²) in [6.45, 7) is 5.70. The van der Waals surface area contributed by atoms with Crippen LogP contribution in [0, 0.1) is 20.8 Å². The normalized spacial score (nSPS) is 11.1. The molecule has 1 rings (SSSR count). The van der Waals surface area contributed by atoms with E-state index in [0.717, 1.165) is 16.7 Å². The van der Waals surface area contributed by atoms with E-state index in [1.165, 1.54) is 0 Å². The second-order valence-electron chi connectivity index (χ2n) is 3.22. The average molecular weight is 272 g/mol. The van der Waals surface area contributed by atoms with E-state index in [0.29, 0.717) is 15.6 Å². The first-order chi connectivity index (χ1) is 6.37. The van der Waals surface area contributed by atoms with Gasteiger partial charge in [-0.3, -0.25) is 0 Å². The summed E-state index contributed by atoms with van der Waals surface area (Å²) in [6.07, 6.45) is 0. The molecule has 1 aromatic carbocycles. The van der Waals surface area contributed by atoms with Gasteiger partial charge in [-0.15, -0.1) is 0 Å². The van der Waals surface area contributed by atoms with Crippen molar-refractivity contribution in [3.05, 3.63) is 32.3 Å². The number of hydrogen-bond acceptors (Lipinski definition) is 0. The molecule has 0 aliphatic rings. The summed E-state index contributed by atoms with van der Waals surface area (Å²) in [5.74, 6) is 0. The van der Waals surface area contributed by atoms with E-state index in [-0.39, 0.29) is 0 Å². The number of alkyl halides is 2. The monoisotopic (exact) mass is 270 g/mol. The van der Waals surface area contributed by atoms with Gasteiger partial charge in [-0.25, -0.2) is 0 Å². The Morgan fingerprint density at radius 2 is 1.21 bits per heavy atom. The van der Waals surface area contributed by atoms with Crippen LogP contribution in [0.25, 0.3) is 0 Å². The minimum Gasteiger partial charge on any atom is -0.1000 e. The molecule has 0 bridgehead atoms. The van der Waals surface area contributed by atoms with Gasteiger partial charge in [0.2, 0.25) is 0 Å². The van der Waals surface area contributed by atoms with Crippen molar-refractivity contribution in [1.82, 2.24) is 0 Å². The van der Waals surface area contributed by atoms with Crippen LogP contribution in [0.4, 0.5) is 0 Å². The van der Waals surface area contributed by atoms with Crippen LogP contribution in [0.2, 0.25) is 10.0 Å². The second-order valence-corrected chi connectivity index (χ2v) is 5.07. The summed E-state index contributed by atoms with van der Waals surface area (Å²) >= 11 is 23.9. The lowest BCUT2D eigenvalue weighted by Crippen LogP contribution is -1.97. The molecule has 0 atom stereocenters. The molecule has 0 amide bonds. The van der Waals surface area contributed by atoms with Gasteiger partial charge in [0.15, 0.2) is 0 Å². The average Bonchev–Trinajstić information content (AvgIpc) is 2.11. The van der Waals surface area contributed by atoms with Gasteiger partial charge in [-0.2, -0.15) is 0 Å². The maximum absolute atomic E-state index is 6.14. The highest BCUT2D eigenvalue weighted by atomic mass is 35.5. The Labute approximate surface area is 104 Å². The van der Waals surface area contributed by atoms with E-state index in [2.05, 4.69) is 0 Å².